The lowest BCUT2D eigenvalue weighted by Gasteiger charge is -2.30. The molecule has 1 aliphatic heterocycles. The van der Waals surface area contributed by atoms with Crippen LogP contribution < -0.4 is 10.5 Å². The summed E-state index contributed by atoms with van der Waals surface area (Å²) < 4.78 is 5.68. The van der Waals surface area contributed by atoms with Crippen molar-refractivity contribution in [2.45, 2.75) is 37.6 Å². The Morgan fingerprint density at radius 3 is 2.93 bits per heavy atom. The van der Waals surface area contributed by atoms with Crippen molar-refractivity contribution < 1.29 is 4.74 Å². The normalized spacial score (nSPS) is 26.7. The van der Waals surface area contributed by atoms with Crippen LogP contribution in [0.1, 0.15) is 36.3 Å². The van der Waals surface area contributed by atoms with E-state index in [-0.39, 0.29) is 5.54 Å². The summed E-state index contributed by atoms with van der Waals surface area (Å²) in [5.74, 6) is 1.56. The molecule has 1 fully saturated rings. The Bertz CT molecular complexity index is 396. The third-order valence-electron chi connectivity index (χ3n) is 3.73. The van der Waals surface area contributed by atoms with Gasteiger partial charge in [-0.25, -0.2) is 0 Å². The molecule has 0 aromatic heterocycles. The molecule has 2 N–H and O–H groups in total. The van der Waals surface area contributed by atoms with E-state index < -0.39 is 0 Å². The van der Waals surface area contributed by atoms with Gasteiger partial charge in [0.1, 0.15) is 5.75 Å². The molecule has 2 aliphatic rings. The number of rotatable bonds is 1. The van der Waals surface area contributed by atoms with E-state index in [1.165, 1.54) is 24.0 Å². The monoisotopic (exact) mass is 203 g/mol. The van der Waals surface area contributed by atoms with Gasteiger partial charge >= 0.3 is 0 Å². The first-order chi connectivity index (χ1) is 7.19. The standard InChI is InChI=1S/C13H17NO/c1-9-2-3-12-10(8-9)11(4-7-15-12)13(14)5-6-13/h2-3,8,11H,4-7,14H2,1H3. The van der Waals surface area contributed by atoms with Crippen molar-refractivity contribution in [3.8, 4) is 5.75 Å². The van der Waals surface area contributed by atoms with Crippen LogP contribution in [0.3, 0.4) is 0 Å². The van der Waals surface area contributed by atoms with E-state index in [2.05, 4.69) is 25.1 Å². The summed E-state index contributed by atoms with van der Waals surface area (Å²) in [5, 5.41) is 0. The topological polar surface area (TPSA) is 35.2 Å². The lowest BCUT2D eigenvalue weighted by atomic mass is 9.84. The van der Waals surface area contributed by atoms with Crippen LogP contribution in [0.4, 0.5) is 0 Å². The highest BCUT2D eigenvalue weighted by atomic mass is 16.5. The van der Waals surface area contributed by atoms with Crippen LogP contribution in [0, 0.1) is 6.92 Å². The minimum Gasteiger partial charge on any atom is -0.493 e. The minimum absolute atomic E-state index is 0.0757. The minimum atomic E-state index is 0.0757. The Hall–Kier alpha value is -1.02. The van der Waals surface area contributed by atoms with Crippen LogP contribution in [0.15, 0.2) is 18.2 Å². The van der Waals surface area contributed by atoms with Crippen LogP contribution in [0.25, 0.3) is 0 Å². The summed E-state index contributed by atoms with van der Waals surface area (Å²) in [7, 11) is 0. The van der Waals surface area contributed by atoms with Crippen molar-refractivity contribution in [1.82, 2.24) is 0 Å². The van der Waals surface area contributed by atoms with E-state index in [0.717, 1.165) is 18.8 Å². The van der Waals surface area contributed by atoms with Crippen molar-refractivity contribution in [2.24, 2.45) is 5.73 Å². The number of hydrogen-bond donors (Lipinski definition) is 1. The van der Waals surface area contributed by atoms with E-state index in [1.807, 2.05) is 0 Å². The second-order valence-electron chi connectivity index (χ2n) is 4.96. The summed E-state index contributed by atoms with van der Waals surface area (Å²) in [5.41, 5.74) is 9.04. The van der Waals surface area contributed by atoms with Crippen LogP contribution >= 0.6 is 0 Å². The fraction of sp³-hybridized carbons (Fsp3) is 0.538. The van der Waals surface area contributed by atoms with Crippen molar-refractivity contribution in [3.05, 3.63) is 29.3 Å². The average Bonchev–Trinajstić information content (AvgIpc) is 2.96. The molecule has 15 heavy (non-hydrogen) atoms. The maximum absolute atomic E-state index is 6.33. The number of ether oxygens (including phenoxy) is 1. The van der Waals surface area contributed by atoms with Crippen molar-refractivity contribution in [2.75, 3.05) is 6.61 Å². The molecule has 0 spiro atoms. The van der Waals surface area contributed by atoms with Gasteiger partial charge in [0.15, 0.2) is 0 Å². The van der Waals surface area contributed by atoms with Crippen molar-refractivity contribution in [1.29, 1.82) is 0 Å². The molecule has 1 aromatic carbocycles. The van der Waals surface area contributed by atoms with E-state index in [1.54, 1.807) is 0 Å². The smallest absolute Gasteiger partial charge is 0.122 e. The van der Waals surface area contributed by atoms with Crippen LogP contribution in [0.2, 0.25) is 0 Å². The quantitative estimate of drug-likeness (QED) is 0.760. The van der Waals surface area contributed by atoms with Crippen molar-refractivity contribution in [3.63, 3.8) is 0 Å². The largest absolute Gasteiger partial charge is 0.493 e. The molecule has 80 valence electrons. The van der Waals surface area contributed by atoms with Gasteiger partial charge in [0.25, 0.3) is 0 Å². The number of fused-ring (bicyclic) bond motifs is 1. The zero-order chi connectivity index (χ0) is 10.5. The van der Waals surface area contributed by atoms with Crippen LogP contribution in [0.5, 0.6) is 5.75 Å². The summed E-state index contributed by atoms with van der Waals surface area (Å²) >= 11 is 0. The molecular weight excluding hydrogens is 186 g/mol. The first-order valence-electron chi connectivity index (χ1n) is 5.71. The predicted octanol–water partition coefficient (Wildman–Crippen LogP) is 2.35. The molecule has 2 heteroatoms. The van der Waals surface area contributed by atoms with Gasteiger partial charge in [0.2, 0.25) is 0 Å². The third kappa shape index (κ3) is 1.44. The molecule has 1 saturated carbocycles. The second-order valence-corrected chi connectivity index (χ2v) is 4.96. The Balaban J connectivity index is 2.05. The van der Waals surface area contributed by atoms with E-state index in [4.69, 9.17) is 10.5 Å². The molecule has 0 bridgehead atoms. The van der Waals surface area contributed by atoms with Gasteiger partial charge in [-0.2, -0.15) is 0 Å². The zero-order valence-corrected chi connectivity index (χ0v) is 9.12. The Kier molecular flexibility index (Phi) is 1.84. The Morgan fingerprint density at radius 1 is 1.40 bits per heavy atom. The first-order valence-corrected chi connectivity index (χ1v) is 5.71. The molecule has 1 aromatic rings. The molecule has 0 radical (unpaired) electrons. The molecule has 1 atom stereocenters. The first kappa shape index (κ1) is 9.22. The average molecular weight is 203 g/mol. The maximum atomic E-state index is 6.33. The summed E-state index contributed by atoms with van der Waals surface area (Å²) in [6.07, 6.45) is 3.42. The van der Waals surface area contributed by atoms with Gasteiger partial charge in [0.05, 0.1) is 6.61 Å². The Morgan fingerprint density at radius 2 is 2.20 bits per heavy atom. The second kappa shape index (κ2) is 2.99. The molecule has 3 rings (SSSR count). The van der Waals surface area contributed by atoms with Gasteiger partial charge in [-0.3, -0.25) is 0 Å². The van der Waals surface area contributed by atoms with Gasteiger partial charge in [-0.15, -0.1) is 0 Å². The fourth-order valence-electron chi connectivity index (χ4n) is 2.60. The third-order valence-corrected chi connectivity index (χ3v) is 3.73. The summed E-state index contributed by atoms with van der Waals surface area (Å²) in [6, 6.07) is 6.44. The lowest BCUT2D eigenvalue weighted by molar-refractivity contribution is 0.251. The molecule has 2 nitrogen and oxygen atoms in total. The number of aryl methyl sites for hydroxylation is 1. The highest BCUT2D eigenvalue weighted by molar-refractivity contribution is 5.43. The van der Waals surface area contributed by atoms with Gasteiger partial charge in [-0.05, 0) is 37.8 Å². The highest BCUT2D eigenvalue weighted by Crippen LogP contribution is 2.50. The van der Waals surface area contributed by atoms with E-state index in [9.17, 15) is 0 Å². The van der Waals surface area contributed by atoms with E-state index >= 15 is 0 Å². The molecule has 1 unspecified atom stereocenters. The number of benzene rings is 1. The Labute approximate surface area is 90.4 Å². The van der Waals surface area contributed by atoms with Crippen molar-refractivity contribution >= 4 is 0 Å². The molecular formula is C13H17NO. The molecule has 1 aliphatic carbocycles. The maximum Gasteiger partial charge on any atom is 0.122 e. The van der Waals surface area contributed by atoms with E-state index in [0.29, 0.717) is 5.92 Å². The number of hydrogen-bond acceptors (Lipinski definition) is 2. The highest BCUT2D eigenvalue weighted by Gasteiger charge is 2.47. The zero-order valence-electron chi connectivity index (χ0n) is 9.12. The van der Waals surface area contributed by atoms with Gasteiger partial charge in [-0.1, -0.05) is 17.7 Å². The van der Waals surface area contributed by atoms with Crippen LogP contribution in [-0.4, -0.2) is 12.1 Å². The summed E-state index contributed by atoms with van der Waals surface area (Å²) in [4.78, 5) is 0. The van der Waals surface area contributed by atoms with Crippen LogP contribution in [-0.2, 0) is 0 Å². The molecule has 0 amide bonds. The van der Waals surface area contributed by atoms with Gasteiger partial charge < -0.3 is 10.5 Å². The predicted molar refractivity (Wildman–Crippen MR) is 60.2 cm³/mol. The summed E-state index contributed by atoms with van der Waals surface area (Å²) in [6.45, 7) is 2.95. The SMILES string of the molecule is Cc1ccc2c(c1)C(C1(N)CC1)CCO2. The lowest BCUT2D eigenvalue weighted by Crippen LogP contribution is -2.34. The van der Waals surface area contributed by atoms with Gasteiger partial charge in [0, 0.05) is 11.5 Å². The molecule has 1 heterocycles. The molecule has 0 saturated heterocycles. The number of nitrogens with two attached hydrogens (primary N) is 1. The fourth-order valence-corrected chi connectivity index (χ4v) is 2.60.